The van der Waals surface area contributed by atoms with E-state index in [0.29, 0.717) is 11.1 Å². The summed E-state index contributed by atoms with van der Waals surface area (Å²) in [7, 11) is 0. The SMILES string of the molecule is Cc1c(CC(=O)c2ccc(C(=O)[O-])cc2)cccc1C(=O)Cc1c(Cl)cc(C(F)(C(F)(F)F)C(F)(F)F)cc1OC(C)C. The van der Waals surface area contributed by atoms with Crippen LogP contribution < -0.4 is 9.84 Å². The maximum absolute atomic E-state index is 14.8. The third-order valence-electron chi connectivity index (χ3n) is 6.57. The molecule has 3 aromatic carbocycles. The molecule has 0 N–H and O–H groups in total. The van der Waals surface area contributed by atoms with Gasteiger partial charge in [0.25, 0.3) is 0 Å². The number of hydrogen-bond acceptors (Lipinski definition) is 5. The highest BCUT2D eigenvalue weighted by Gasteiger charge is 2.73. The zero-order valence-electron chi connectivity index (χ0n) is 22.8. The molecule has 3 rings (SSSR count). The first kappa shape index (κ1) is 33.6. The molecule has 0 unspecified atom stereocenters. The van der Waals surface area contributed by atoms with E-state index in [0.717, 1.165) is 0 Å². The molecule has 0 radical (unpaired) electrons. The number of alkyl halides is 7. The van der Waals surface area contributed by atoms with Gasteiger partial charge < -0.3 is 14.6 Å². The highest BCUT2D eigenvalue weighted by atomic mass is 35.5. The van der Waals surface area contributed by atoms with Crippen LogP contribution in [0.1, 0.15) is 67.2 Å². The summed E-state index contributed by atoms with van der Waals surface area (Å²) in [4.78, 5) is 37.1. The molecule has 43 heavy (non-hydrogen) atoms. The van der Waals surface area contributed by atoms with Crippen LogP contribution in [0.15, 0.2) is 54.6 Å². The molecule has 0 aliphatic carbocycles. The summed E-state index contributed by atoms with van der Waals surface area (Å²) in [5, 5.41) is 10.2. The Morgan fingerprint density at radius 1 is 0.837 bits per heavy atom. The zero-order valence-corrected chi connectivity index (χ0v) is 23.5. The molecule has 3 aromatic rings. The van der Waals surface area contributed by atoms with Gasteiger partial charge in [-0.05, 0) is 49.6 Å². The van der Waals surface area contributed by atoms with Crippen LogP contribution in [0.5, 0.6) is 5.75 Å². The molecular weight excluding hydrogens is 609 g/mol. The van der Waals surface area contributed by atoms with Crippen LogP contribution in [-0.4, -0.2) is 36.0 Å². The summed E-state index contributed by atoms with van der Waals surface area (Å²) in [5.74, 6) is -3.10. The number of halogens is 8. The van der Waals surface area contributed by atoms with E-state index < -0.39 is 64.4 Å². The highest BCUT2D eigenvalue weighted by molar-refractivity contribution is 6.32. The normalized spacial score (nSPS) is 12.4. The average molecular weight is 632 g/mol. The minimum Gasteiger partial charge on any atom is -0.545 e. The van der Waals surface area contributed by atoms with Crippen LogP contribution in [0.2, 0.25) is 5.02 Å². The molecule has 0 saturated carbocycles. The minimum absolute atomic E-state index is 0.0821. The minimum atomic E-state index is -6.38. The predicted octanol–water partition coefficient (Wildman–Crippen LogP) is 6.94. The molecule has 5 nitrogen and oxygen atoms in total. The maximum Gasteiger partial charge on any atom is 0.435 e. The molecule has 0 aliphatic heterocycles. The van der Waals surface area contributed by atoms with Crippen molar-refractivity contribution >= 4 is 29.1 Å². The van der Waals surface area contributed by atoms with Crippen LogP contribution in [0.4, 0.5) is 30.7 Å². The Balaban J connectivity index is 1.98. The second-order valence-electron chi connectivity index (χ2n) is 9.91. The van der Waals surface area contributed by atoms with Crippen molar-refractivity contribution in [3.05, 3.63) is 98.6 Å². The molecule has 0 saturated heterocycles. The van der Waals surface area contributed by atoms with E-state index in [1.54, 1.807) is 6.07 Å². The van der Waals surface area contributed by atoms with Gasteiger partial charge in [0.1, 0.15) is 5.75 Å². The molecule has 0 spiro atoms. The Morgan fingerprint density at radius 3 is 1.91 bits per heavy atom. The summed E-state index contributed by atoms with van der Waals surface area (Å²) >= 11 is 6.08. The lowest BCUT2D eigenvalue weighted by molar-refractivity contribution is -0.348. The van der Waals surface area contributed by atoms with E-state index >= 15 is 0 Å². The smallest absolute Gasteiger partial charge is 0.435 e. The number of Topliss-reactive ketones (excluding diaryl/α,β-unsaturated/α-hetero) is 2. The number of carboxylic acid groups (broad SMARTS) is 1. The fraction of sp³-hybridized carbons (Fsp3) is 0.300. The van der Waals surface area contributed by atoms with Crippen molar-refractivity contribution in [1.82, 2.24) is 0 Å². The van der Waals surface area contributed by atoms with Gasteiger partial charge in [-0.1, -0.05) is 54.1 Å². The first-order chi connectivity index (χ1) is 19.8. The third kappa shape index (κ3) is 7.01. The number of hydrogen-bond donors (Lipinski definition) is 0. The summed E-state index contributed by atoms with van der Waals surface area (Å²) in [6.45, 7) is 4.37. The summed E-state index contributed by atoms with van der Waals surface area (Å²) < 4.78 is 101. The van der Waals surface area contributed by atoms with Gasteiger partial charge >= 0.3 is 18.0 Å². The Labute approximate surface area is 246 Å². The summed E-state index contributed by atoms with van der Waals surface area (Å²) in [5.41, 5.74) is -6.92. The molecule has 0 aromatic heterocycles. The lowest BCUT2D eigenvalue weighted by Crippen LogP contribution is -2.50. The Hall–Kier alpha value is -3.93. The monoisotopic (exact) mass is 631 g/mol. The first-order valence-corrected chi connectivity index (χ1v) is 12.9. The van der Waals surface area contributed by atoms with Gasteiger partial charge in [-0.3, -0.25) is 9.59 Å². The van der Waals surface area contributed by atoms with E-state index in [1.807, 2.05) is 0 Å². The van der Waals surface area contributed by atoms with Crippen molar-refractivity contribution in [2.24, 2.45) is 0 Å². The maximum atomic E-state index is 14.8. The van der Waals surface area contributed by atoms with Gasteiger partial charge in [0.05, 0.1) is 12.1 Å². The largest absolute Gasteiger partial charge is 0.545 e. The quantitative estimate of drug-likeness (QED) is 0.179. The van der Waals surface area contributed by atoms with Crippen molar-refractivity contribution in [1.29, 1.82) is 0 Å². The fourth-order valence-corrected chi connectivity index (χ4v) is 4.61. The number of carboxylic acids is 1. The number of benzene rings is 3. The molecule has 0 heterocycles. The van der Waals surface area contributed by atoms with Gasteiger partial charge in [0.15, 0.2) is 11.6 Å². The van der Waals surface area contributed by atoms with E-state index in [1.165, 1.54) is 57.2 Å². The van der Waals surface area contributed by atoms with Gasteiger partial charge in [-0.15, -0.1) is 0 Å². The summed E-state index contributed by atoms with van der Waals surface area (Å²) in [6, 6.07) is 9.90. The van der Waals surface area contributed by atoms with Crippen molar-refractivity contribution in [3.8, 4) is 5.75 Å². The molecule has 13 heteroatoms. The van der Waals surface area contributed by atoms with Crippen LogP contribution in [0.3, 0.4) is 0 Å². The first-order valence-electron chi connectivity index (χ1n) is 12.6. The van der Waals surface area contributed by atoms with E-state index in [-0.39, 0.29) is 40.8 Å². The number of rotatable bonds is 10. The van der Waals surface area contributed by atoms with Crippen LogP contribution >= 0.6 is 11.6 Å². The lowest BCUT2D eigenvalue weighted by Gasteiger charge is -2.31. The molecule has 0 amide bonds. The molecule has 0 atom stereocenters. The molecule has 0 fully saturated rings. The number of ether oxygens (including phenoxy) is 1. The number of carbonyl (C=O) groups is 3. The Kier molecular flexibility index (Phi) is 9.65. The van der Waals surface area contributed by atoms with E-state index in [4.69, 9.17) is 16.3 Å². The van der Waals surface area contributed by atoms with Crippen molar-refractivity contribution in [2.75, 3.05) is 0 Å². The lowest BCUT2D eigenvalue weighted by atomic mass is 9.90. The second kappa shape index (κ2) is 12.4. The predicted molar refractivity (Wildman–Crippen MR) is 140 cm³/mol. The molecular formula is C30H23ClF7O5-. The number of carbonyl (C=O) groups excluding carboxylic acids is 3. The van der Waals surface area contributed by atoms with Crippen LogP contribution in [-0.2, 0) is 18.5 Å². The van der Waals surface area contributed by atoms with Crippen molar-refractivity contribution in [3.63, 3.8) is 0 Å². The van der Waals surface area contributed by atoms with Crippen LogP contribution in [0.25, 0.3) is 0 Å². The van der Waals surface area contributed by atoms with Crippen molar-refractivity contribution < 1.29 is 55.0 Å². The number of ketones is 2. The molecule has 0 bridgehead atoms. The van der Waals surface area contributed by atoms with Crippen molar-refractivity contribution in [2.45, 2.75) is 57.7 Å². The topological polar surface area (TPSA) is 83.5 Å². The highest BCUT2D eigenvalue weighted by Crippen LogP contribution is 2.54. The third-order valence-corrected chi connectivity index (χ3v) is 6.91. The van der Waals surface area contributed by atoms with Crippen LogP contribution in [0, 0.1) is 6.92 Å². The number of aromatic carboxylic acids is 1. The van der Waals surface area contributed by atoms with E-state index in [9.17, 15) is 50.2 Å². The summed E-state index contributed by atoms with van der Waals surface area (Å²) in [6.07, 6.45) is -14.4. The average Bonchev–Trinajstić information content (AvgIpc) is 2.89. The zero-order chi connectivity index (χ0) is 32.5. The molecule has 0 aliphatic rings. The van der Waals surface area contributed by atoms with Gasteiger partial charge in [-0.2, -0.15) is 26.3 Å². The fourth-order valence-electron chi connectivity index (χ4n) is 4.33. The standard InChI is InChI=1S/C30H24ClF7O5/c1-15(2)43-26-13-20(28(32,29(33,34)35)30(36,37)38)12-23(31)22(26)14-25(40)21-6-4-5-19(16(21)3)11-24(39)17-7-9-18(10-8-17)27(41)42/h4-10,12-13,15H,11,14H2,1-3H3,(H,41,42)/p-1. The Bertz CT molecular complexity index is 1530. The van der Waals surface area contributed by atoms with Gasteiger partial charge in [0, 0.05) is 40.1 Å². The van der Waals surface area contributed by atoms with E-state index in [2.05, 4.69) is 0 Å². The second-order valence-corrected chi connectivity index (χ2v) is 10.3. The Morgan fingerprint density at radius 2 is 1.40 bits per heavy atom. The van der Waals surface area contributed by atoms with Gasteiger partial charge in [-0.25, -0.2) is 4.39 Å². The van der Waals surface area contributed by atoms with Gasteiger partial charge in [0.2, 0.25) is 0 Å². The molecule has 230 valence electrons.